The predicted octanol–water partition coefficient (Wildman–Crippen LogP) is 1.12. The maximum Gasteiger partial charge on any atom is 0.212 e. The Morgan fingerprint density at radius 2 is 1.76 bits per heavy atom. The van der Waals surface area contributed by atoms with E-state index in [1.54, 1.807) is 31.5 Å². The van der Waals surface area contributed by atoms with E-state index in [9.17, 15) is 9.90 Å². The summed E-state index contributed by atoms with van der Waals surface area (Å²) in [5.74, 6) is -0.635. The molecule has 4 heteroatoms. The number of benzene rings is 1. The highest BCUT2D eigenvalue weighted by atomic mass is 16.5. The van der Waals surface area contributed by atoms with E-state index < -0.39 is 5.97 Å². The highest BCUT2D eigenvalue weighted by Crippen LogP contribution is 2.20. The monoisotopic (exact) mass is 228 g/mol. The summed E-state index contributed by atoms with van der Waals surface area (Å²) in [6.07, 6.45) is 1.67. The zero-order chi connectivity index (χ0) is 12.3. The van der Waals surface area contributed by atoms with Gasteiger partial charge in [0, 0.05) is 17.8 Å². The van der Waals surface area contributed by atoms with Crippen LogP contribution in [0.3, 0.4) is 0 Å². The molecule has 0 saturated heterocycles. The number of carboxylic acid groups (broad SMARTS) is 1. The fourth-order valence-corrected chi connectivity index (χ4v) is 1.47. The Morgan fingerprint density at radius 1 is 1.12 bits per heavy atom. The summed E-state index contributed by atoms with van der Waals surface area (Å²) in [5.41, 5.74) is 1.95. The fourth-order valence-electron chi connectivity index (χ4n) is 1.47. The third kappa shape index (κ3) is 2.42. The fraction of sp³-hybridized carbons (Fsp3) is 0.0769. The maximum absolute atomic E-state index is 10.6. The Balaban J connectivity index is 2.29. The van der Waals surface area contributed by atoms with Gasteiger partial charge < -0.3 is 14.6 Å². The summed E-state index contributed by atoms with van der Waals surface area (Å²) in [6, 6.07) is 10.1. The van der Waals surface area contributed by atoms with Crippen LogP contribution in [0.2, 0.25) is 0 Å². The van der Waals surface area contributed by atoms with Crippen molar-refractivity contribution in [1.82, 2.24) is 4.98 Å². The summed E-state index contributed by atoms with van der Waals surface area (Å²) in [7, 11) is 1.55. The molecule has 0 fully saturated rings. The summed E-state index contributed by atoms with van der Waals surface area (Å²) in [5, 5.41) is 10.6. The van der Waals surface area contributed by atoms with Crippen LogP contribution in [0.15, 0.2) is 42.6 Å². The van der Waals surface area contributed by atoms with Crippen molar-refractivity contribution in [3.05, 3.63) is 48.2 Å². The molecule has 0 aliphatic rings. The number of aromatic nitrogens is 1. The van der Waals surface area contributed by atoms with Gasteiger partial charge in [-0.3, -0.25) is 0 Å². The van der Waals surface area contributed by atoms with Gasteiger partial charge in [0.1, 0.15) is 0 Å². The standard InChI is InChI=1S/C13H11NO3/c1-17-12-7-6-11(8-14-12)9-2-4-10(5-3-9)13(15)16/h2-8H,1H3,(H,15,16)/p-1. The van der Waals surface area contributed by atoms with E-state index in [4.69, 9.17) is 4.74 Å². The van der Waals surface area contributed by atoms with Crippen molar-refractivity contribution in [2.45, 2.75) is 0 Å². The summed E-state index contributed by atoms with van der Waals surface area (Å²) in [6.45, 7) is 0. The maximum atomic E-state index is 10.6. The molecular weight excluding hydrogens is 218 g/mol. The highest BCUT2D eigenvalue weighted by molar-refractivity contribution is 5.86. The number of carboxylic acids is 1. The topological polar surface area (TPSA) is 62.2 Å². The zero-order valence-electron chi connectivity index (χ0n) is 9.21. The molecule has 4 nitrogen and oxygen atoms in total. The van der Waals surface area contributed by atoms with E-state index in [-0.39, 0.29) is 5.56 Å². The van der Waals surface area contributed by atoms with Gasteiger partial charge in [0.25, 0.3) is 0 Å². The first-order valence-electron chi connectivity index (χ1n) is 5.02. The zero-order valence-corrected chi connectivity index (χ0v) is 9.21. The quantitative estimate of drug-likeness (QED) is 0.789. The predicted molar refractivity (Wildman–Crippen MR) is 60.6 cm³/mol. The van der Waals surface area contributed by atoms with Gasteiger partial charge in [0.05, 0.1) is 13.1 Å². The molecule has 0 spiro atoms. The molecule has 0 saturated carbocycles. The molecule has 17 heavy (non-hydrogen) atoms. The van der Waals surface area contributed by atoms with Gasteiger partial charge in [-0.2, -0.15) is 0 Å². The molecule has 0 bridgehead atoms. The summed E-state index contributed by atoms with van der Waals surface area (Å²) in [4.78, 5) is 14.7. The Morgan fingerprint density at radius 3 is 2.24 bits per heavy atom. The van der Waals surface area contributed by atoms with Crippen LogP contribution in [0, 0.1) is 0 Å². The van der Waals surface area contributed by atoms with Gasteiger partial charge in [-0.25, -0.2) is 4.98 Å². The lowest BCUT2D eigenvalue weighted by atomic mass is 10.1. The molecule has 1 aromatic carbocycles. The van der Waals surface area contributed by atoms with E-state index in [0.29, 0.717) is 5.88 Å². The van der Waals surface area contributed by atoms with Gasteiger partial charge in [0.15, 0.2) is 0 Å². The van der Waals surface area contributed by atoms with Gasteiger partial charge in [-0.05, 0) is 17.2 Å². The molecule has 0 aliphatic heterocycles. The number of ether oxygens (including phenoxy) is 1. The smallest absolute Gasteiger partial charge is 0.212 e. The number of aromatic carboxylic acids is 1. The lowest BCUT2D eigenvalue weighted by molar-refractivity contribution is -0.255. The van der Waals surface area contributed by atoms with Crippen molar-refractivity contribution in [1.29, 1.82) is 0 Å². The minimum atomic E-state index is -1.18. The van der Waals surface area contributed by atoms with E-state index in [1.165, 1.54) is 12.1 Å². The number of hydrogen-bond donors (Lipinski definition) is 0. The van der Waals surface area contributed by atoms with Crippen molar-refractivity contribution in [2.24, 2.45) is 0 Å². The second-order valence-electron chi connectivity index (χ2n) is 3.45. The molecule has 0 amide bonds. The van der Waals surface area contributed by atoms with Crippen LogP contribution >= 0.6 is 0 Å². The number of nitrogens with zero attached hydrogens (tertiary/aromatic N) is 1. The van der Waals surface area contributed by atoms with Crippen LogP contribution in [-0.2, 0) is 0 Å². The molecule has 0 unspecified atom stereocenters. The van der Waals surface area contributed by atoms with Crippen molar-refractivity contribution in [2.75, 3.05) is 7.11 Å². The van der Waals surface area contributed by atoms with Gasteiger partial charge in [-0.1, -0.05) is 24.3 Å². The third-order valence-corrected chi connectivity index (χ3v) is 2.40. The average Bonchev–Trinajstić information content (AvgIpc) is 2.39. The number of carbonyl (C=O) groups is 1. The molecule has 2 aromatic rings. The van der Waals surface area contributed by atoms with E-state index in [0.717, 1.165) is 11.1 Å². The number of pyridine rings is 1. The Kier molecular flexibility index (Phi) is 3.05. The van der Waals surface area contributed by atoms with Gasteiger partial charge >= 0.3 is 0 Å². The number of hydrogen-bond acceptors (Lipinski definition) is 4. The summed E-state index contributed by atoms with van der Waals surface area (Å²) < 4.78 is 4.96. The molecule has 86 valence electrons. The molecule has 1 heterocycles. The SMILES string of the molecule is COc1ccc(-c2ccc(C(=O)[O-])cc2)cn1. The van der Waals surface area contributed by atoms with Crippen LogP contribution < -0.4 is 9.84 Å². The minimum Gasteiger partial charge on any atom is -0.545 e. The summed E-state index contributed by atoms with van der Waals surface area (Å²) >= 11 is 0. The van der Waals surface area contributed by atoms with Crippen LogP contribution in [0.25, 0.3) is 11.1 Å². The van der Waals surface area contributed by atoms with Crippen LogP contribution in [-0.4, -0.2) is 18.1 Å². The van der Waals surface area contributed by atoms with Crippen molar-refractivity contribution in [3.63, 3.8) is 0 Å². The van der Waals surface area contributed by atoms with E-state index in [2.05, 4.69) is 4.98 Å². The van der Waals surface area contributed by atoms with E-state index >= 15 is 0 Å². The molecule has 0 N–H and O–H groups in total. The normalized spacial score (nSPS) is 9.94. The first-order chi connectivity index (χ1) is 8.20. The molecule has 0 aliphatic carbocycles. The molecule has 1 aromatic heterocycles. The molecule has 2 rings (SSSR count). The second kappa shape index (κ2) is 4.65. The largest absolute Gasteiger partial charge is 0.545 e. The van der Waals surface area contributed by atoms with Crippen LogP contribution in [0.5, 0.6) is 5.88 Å². The number of methoxy groups -OCH3 is 1. The lowest BCUT2D eigenvalue weighted by Crippen LogP contribution is -2.21. The van der Waals surface area contributed by atoms with Gasteiger partial charge in [0.2, 0.25) is 5.88 Å². The van der Waals surface area contributed by atoms with Gasteiger partial charge in [-0.15, -0.1) is 0 Å². The molecular formula is C13H10NO3-. The Hall–Kier alpha value is -2.36. The molecule has 0 radical (unpaired) electrons. The highest BCUT2D eigenvalue weighted by Gasteiger charge is 2.00. The average molecular weight is 228 g/mol. The Bertz CT molecular complexity index is 517. The number of rotatable bonds is 3. The second-order valence-corrected chi connectivity index (χ2v) is 3.45. The van der Waals surface area contributed by atoms with Crippen molar-refractivity contribution in [3.8, 4) is 17.0 Å². The van der Waals surface area contributed by atoms with E-state index in [1.807, 2.05) is 6.07 Å². The first-order valence-corrected chi connectivity index (χ1v) is 5.02. The van der Waals surface area contributed by atoms with Crippen molar-refractivity contribution >= 4 is 5.97 Å². The van der Waals surface area contributed by atoms with Crippen LogP contribution in [0.1, 0.15) is 10.4 Å². The third-order valence-electron chi connectivity index (χ3n) is 2.40. The minimum absolute atomic E-state index is 0.162. The first kappa shape index (κ1) is 11.1. The molecule has 0 atom stereocenters. The van der Waals surface area contributed by atoms with Crippen LogP contribution in [0.4, 0.5) is 0 Å². The number of carbonyl (C=O) groups excluding carboxylic acids is 1. The van der Waals surface area contributed by atoms with Crippen molar-refractivity contribution < 1.29 is 14.6 Å². The Labute approximate surface area is 98.5 Å². The lowest BCUT2D eigenvalue weighted by Gasteiger charge is -2.05.